The van der Waals surface area contributed by atoms with Crippen LogP contribution in [0.3, 0.4) is 0 Å². The van der Waals surface area contributed by atoms with Crippen LogP contribution in [-0.4, -0.2) is 9.89 Å². The van der Waals surface area contributed by atoms with Crippen molar-refractivity contribution >= 4 is 33.5 Å². The van der Waals surface area contributed by atoms with Gasteiger partial charge in [-0.1, -0.05) is 36.4 Å². The largest absolute Gasteiger partial charge is 0.305 e. The van der Waals surface area contributed by atoms with Crippen LogP contribution in [0.4, 0.5) is 0 Å². The lowest BCUT2D eigenvalue weighted by atomic mass is 10.2. The van der Waals surface area contributed by atoms with Gasteiger partial charge in [0.15, 0.2) is 0 Å². The molecule has 4 heteroatoms. The molecule has 0 aliphatic carbocycles. The Hall–Kier alpha value is -1.56. The van der Waals surface area contributed by atoms with E-state index in [-0.39, 0.29) is 0 Å². The van der Waals surface area contributed by atoms with Gasteiger partial charge < -0.3 is 5.43 Å². The Labute approximate surface area is 119 Å². The highest BCUT2D eigenvalue weighted by molar-refractivity contribution is 14.1. The fraction of sp³-hybridized carbons (Fsp3) is 0.0714. The predicted molar refractivity (Wildman–Crippen MR) is 82.0 cm³/mol. The zero-order valence-electron chi connectivity index (χ0n) is 9.68. The molecule has 2 aromatic carbocycles. The lowest BCUT2D eigenvalue weighted by Crippen LogP contribution is -2.15. The molecule has 3 rings (SSSR count). The molecule has 0 atom stereocenters. The molecule has 3 aromatic rings. The van der Waals surface area contributed by atoms with Crippen LogP contribution in [0.15, 0.2) is 54.7 Å². The molecule has 1 N–H and O–H groups in total. The third-order valence-corrected chi connectivity index (χ3v) is 3.78. The van der Waals surface area contributed by atoms with Crippen LogP contribution in [-0.2, 0) is 6.54 Å². The van der Waals surface area contributed by atoms with Crippen LogP contribution in [0.2, 0.25) is 0 Å². The van der Waals surface area contributed by atoms with Crippen molar-refractivity contribution in [3.63, 3.8) is 0 Å². The van der Waals surface area contributed by atoms with Gasteiger partial charge in [-0.25, -0.2) is 0 Å². The molecule has 0 aliphatic rings. The van der Waals surface area contributed by atoms with Crippen molar-refractivity contribution in [1.82, 2.24) is 9.89 Å². The summed E-state index contributed by atoms with van der Waals surface area (Å²) in [5.41, 5.74) is 5.66. The van der Waals surface area contributed by atoms with Crippen molar-refractivity contribution in [1.29, 1.82) is 0 Å². The van der Waals surface area contributed by atoms with Gasteiger partial charge in [0.25, 0.3) is 0 Å². The quantitative estimate of drug-likeness (QED) is 0.735. The van der Waals surface area contributed by atoms with Gasteiger partial charge in [-0.3, -0.25) is 0 Å². The highest BCUT2D eigenvalue weighted by Crippen LogP contribution is 2.19. The predicted octanol–water partition coefficient (Wildman–Crippen LogP) is 3.38. The Kier molecular flexibility index (Phi) is 3.19. The van der Waals surface area contributed by atoms with E-state index in [1.165, 1.54) is 14.5 Å². The summed E-state index contributed by atoms with van der Waals surface area (Å²) in [7, 11) is 0. The molecular formula is C14H12IN3. The van der Waals surface area contributed by atoms with Crippen LogP contribution in [0.5, 0.6) is 0 Å². The smallest absolute Gasteiger partial charge is 0.0929 e. The Morgan fingerprint density at radius 1 is 1.06 bits per heavy atom. The maximum Gasteiger partial charge on any atom is 0.0929 e. The molecule has 90 valence electrons. The summed E-state index contributed by atoms with van der Waals surface area (Å²) in [5, 5.41) is 5.55. The lowest BCUT2D eigenvalue weighted by Gasteiger charge is -2.07. The first-order chi connectivity index (χ1) is 8.84. The third kappa shape index (κ3) is 2.20. The molecule has 3 nitrogen and oxygen atoms in total. The fourth-order valence-electron chi connectivity index (χ4n) is 1.90. The second-order valence-electron chi connectivity index (χ2n) is 4.05. The van der Waals surface area contributed by atoms with E-state index in [0.29, 0.717) is 0 Å². The van der Waals surface area contributed by atoms with Crippen molar-refractivity contribution in [3.05, 3.63) is 63.9 Å². The zero-order chi connectivity index (χ0) is 12.4. The summed E-state index contributed by atoms with van der Waals surface area (Å²) in [6.45, 7) is 0.767. The molecular weight excluding hydrogens is 337 g/mol. The lowest BCUT2D eigenvalue weighted by molar-refractivity contribution is 0.756. The first-order valence-electron chi connectivity index (χ1n) is 5.74. The maximum atomic E-state index is 4.37. The number of nitrogens with zero attached hydrogens (tertiary/aromatic N) is 2. The SMILES string of the molecule is Ic1cccc2c1cnn2NCc1ccccc1. The number of halogens is 1. The third-order valence-electron chi connectivity index (χ3n) is 2.84. The van der Waals surface area contributed by atoms with E-state index in [2.05, 4.69) is 57.4 Å². The molecule has 0 unspecified atom stereocenters. The normalized spacial score (nSPS) is 10.7. The topological polar surface area (TPSA) is 29.9 Å². The van der Waals surface area contributed by atoms with Gasteiger partial charge in [-0.15, -0.1) is 0 Å². The number of rotatable bonds is 3. The van der Waals surface area contributed by atoms with Crippen LogP contribution in [0.25, 0.3) is 10.9 Å². The van der Waals surface area contributed by atoms with E-state index < -0.39 is 0 Å². The Morgan fingerprint density at radius 2 is 1.89 bits per heavy atom. The summed E-state index contributed by atoms with van der Waals surface area (Å²) >= 11 is 2.33. The molecule has 0 amide bonds. The molecule has 0 saturated heterocycles. The Morgan fingerprint density at radius 3 is 2.72 bits per heavy atom. The summed E-state index contributed by atoms with van der Waals surface area (Å²) < 4.78 is 1.22. The van der Waals surface area contributed by atoms with Crippen molar-refractivity contribution in [2.24, 2.45) is 0 Å². The Balaban J connectivity index is 1.85. The van der Waals surface area contributed by atoms with Crippen molar-refractivity contribution in [3.8, 4) is 0 Å². The molecule has 0 saturated carbocycles. The number of hydrogen-bond acceptors (Lipinski definition) is 2. The van der Waals surface area contributed by atoms with Gasteiger partial charge in [0.2, 0.25) is 0 Å². The van der Waals surface area contributed by atoms with Crippen molar-refractivity contribution < 1.29 is 0 Å². The average molecular weight is 349 g/mol. The first-order valence-corrected chi connectivity index (χ1v) is 6.82. The summed E-state index contributed by atoms with van der Waals surface area (Å²) in [6, 6.07) is 16.5. The van der Waals surface area contributed by atoms with E-state index in [0.717, 1.165) is 12.1 Å². The average Bonchev–Trinajstić information content (AvgIpc) is 2.82. The highest BCUT2D eigenvalue weighted by Gasteiger charge is 2.04. The fourth-order valence-corrected chi connectivity index (χ4v) is 2.53. The van der Waals surface area contributed by atoms with Gasteiger partial charge in [-0.05, 0) is 40.3 Å². The molecule has 0 radical (unpaired) electrons. The Bertz CT molecular complexity index is 661. The standard InChI is InChI=1S/C14H12IN3/c15-13-7-4-8-14-12(13)10-17-18(14)16-9-11-5-2-1-3-6-11/h1-8,10,16H,9H2. The minimum atomic E-state index is 0.767. The molecule has 1 aromatic heterocycles. The highest BCUT2D eigenvalue weighted by atomic mass is 127. The maximum absolute atomic E-state index is 4.37. The molecule has 0 aliphatic heterocycles. The number of benzene rings is 2. The molecule has 0 bridgehead atoms. The van der Waals surface area contributed by atoms with Crippen LogP contribution >= 0.6 is 22.6 Å². The van der Waals surface area contributed by atoms with Crippen LogP contribution in [0, 0.1) is 3.57 Å². The van der Waals surface area contributed by atoms with Crippen molar-refractivity contribution in [2.75, 3.05) is 5.43 Å². The summed E-state index contributed by atoms with van der Waals surface area (Å²) in [4.78, 5) is 1.84. The minimum absolute atomic E-state index is 0.767. The van der Waals surface area contributed by atoms with Gasteiger partial charge in [0, 0.05) is 8.96 Å². The first kappa shape index (κ1) is 11.5. The van der Waals surface area contributed by atoms with Gasteiger partial charge in [0.1, 0.15) is 0 Å². The molecule has 1 heterocycles. The van der Waals surface area contributed by atoms with Gasteiger partial charge in [-0.2, -0.15) is 9.89 Å². The number of nitrogens with one attached hydrogen (secondary N) is 1. The molecule has 0 fully saturated rings. The number of aromatic nitrogens is 2. The van der Waals surface area contributed by atoms with E-state index in [9.17, 15) is 0 Å². The summed E-state index contributed by atoms with van der Waals surface area (Å²) in [6.07, 6.45) is 1.90. The summed E-state index contributed by atoms with van der Waals surface area (Å²) in [5.74, 6) is 0. The second kappa shape index (κ2) is 4.97. The van der Waals surface area contributed by atoms with E-state index in [1.54, 1.807) is 0 Å². The van der Waals surface area contributed by atoms with Crippen LogP contribution < -0.4 is 5.43 Å². The van der Waals surface area contributed by atoms with Crippen LogP contribution in [0.1, 0.15) is 5.56 Å². The molecule has 18 heavy (non-hydrogen) atoms. The van der Waals surface area contributed by atoms with Gasteiger partial charge >= 0.3 is 0 Å². The van der Waals surface area contributed by atoms with Gasteiger partial charge in [0.05, 0.1) is 18.3 Å². The van der Waals surface area contributed by atoms with Crippen molar-refractivity contribution in [2.45, 2.75) is 6.54 Å². The minimum Gasteiger partial charge on any atom is -0.305 e. The van der Waals surface area contributed by atoms with E-state index in [4.69, 9.17) is 0 Å². The monoisotopic (exact) mass is 349 g/mol. The second-order valence-corrected chi connectivity index (χ2v) is 5.21. The number of hydrogen-bond donors (Lipinski definition) is 1. The van der Waals surface area contributed by atoms with E-state index >= 15 is 0 Å². The van der Waals surface area contributed by atoms with E-state index in [1.807, 2.05) is 35.3 Å². The number of fused-ring (bicyclic) bond motifs is 1. The molecule has 0 spiro atoms. The zero-order valence-corrected chi connectivity index (χ0v) is 11.8.